The summed E-state index contributed by atoms with van der Waals surface area (Å²) in [5.41, 5.74) is 0.954. The maximum Gasteiger partial charge on any atom is 0.237 e. The summed E-state index contributed by atoms with van der Waals surface area (Å²) in [6, 6.07) is 5.28. The van der Waals surface area contributed by atoms with Crippen molar-refractivity contribution < 1.29 is 4.79 Å². The molecule has 0 aromatic heterocycles. The van der Waals surface area contributed by atoms with Crippen LogP contribution in [0.4, 0.5) is 0 Å². The van der Waals surface area contributed by atoms with Crippen molar-refractivity contribution in [2.45, 2.75) is 31.8 Å². The number of rotatable bonds is 3. The average Bonchev–Trinajstić information content (AvgIpc) is 2.86. The molecule has 19 heavy (non-hydrogen) atoms. The molecule has 1 aromatic rings. The Bertz CT molecular complexity index is 448. The highest BCUT2D eigenvalue weighted by Gasteiger charge is 2.23. The Balaban J connectivity index is 0.00000180. The molecule has 0 bridgehead atoms. The predicted octanol–water partition coefficient (Wildman–Crippen LogP) is 3.34. The van der Waals surface area contributed by atoms with Crippen LogP contribution in [0.2, 0.25) is 10.0 Å². The van der Waals surface area contributed by atoms with Crippen molar-refractivity contribution in [2.75, 3.05) is 6.54 Å². The molecule has 2 N–H and O–H groups in total. The third kappa shape index (κ3) is 4.25. The van der Waals surface area contributed by atoms with Crippen LogP contribution in [0.1, 0.15) is 31.4 Å². The first-order valence-electron chi connectivity index (χ1n) is 6.06. The van der Waals surface area contributed by atoms with Gasteiger partial charge < -0.3 is 10.6 Å². The molecule has 2 unspecified atom stereocenters. The Labute approximate surface area is 129 Å². The lowest BCUT2D eigenvalue weighted by molar-refractivity contribution is -0.123. The molecule has 1 amide bonds. The minimum Gasteiger partial charge on any atom is -0.348 e. The van der Waals surface area contributed by atoms with Crippen LogP contribution in [0.15, 0.2) is 18.2 Å². The lowest BCUT2D eigenvalue weighted by Gasteiger charge is -2.18. The minimum atomic E-state index is -0.0744. The third-order valence-corrected chi connectivity index (χ3v) is 3.92. The van der Waals surface area contributed by atoms with Crippen LogP contribution in [0.25, 0.3) is 0 Å². The second-order valence-corrected chi connectivity index (χ2v) is 5.37. The van der Waals surface area contributed by atoms with Crippen molar-refractivity contribution in [1.82, 2.24) is 10.6 Å². The first-order valence-corrected chi connectivity index (χ1v) is 6.82. The molecular formula is C13H17Cl3N2O. The van der Waals surface area contributed by atoms with Gasteiger partial charge in [-0.1, -0.05) is 29.3 Å². The number of amides is 1. The highest BCUT2D eigenvalue weighted by Crippen LogP contribution is 2.25. The number of nitrogens with one attached hydrogen (secondary N) is 2. The quantitative estimate of drug-likeness (QED) is 0.895. The lowest BCUT2D eigenvalue weighted by Crippen LogP contribution is -2.41. The summed E-state index contributed by atoms with van der Waals surface area (Å²) in [4.78, 5) is 11.9. The summed E-state index contributed by atoms with van der Waals surface area (Å²) < 4.78 is 0. The van der Waals surface area contributed by atoms with E-state index in [-0.39, 0.29) is 30.4 Å². The molecular weight excluding hydrogens is 307 g/mol. The van der Waals surface area contributed by atoms with Crippen molar-refractivity contribution in [3.63, 3.8) is 0 Å². The molecule has 0 spiro atoms. The third-order valence-electron chi connectivity index (χ3n) is 3.18. The largest absolute Gasteiger partial charge is 0.348 e. The highest BCUT2D eigenvalue weighted by atomic mass is 35.5. The Morgan fingerprint density at radius 1 is 1.42 bits per heavy atom. The summed E-state index contributed by atoms with van der Waals surface area (Å²) in [6.45, 7) is 2.85. The fourth-order valence-corrected chi connectivity index (χ4v) is 2.39. The minimum absolute atomic E-state index is 0. The number of hydrogen-bond acceptors (Lipinski definition) is 2. The van der Waals surface area contributed by atoms with E-state index in [4.69, 9.17) is 23.2 Å². The smallest absolute Gasteiger partial charge is 0.237 e. The summed E-state index contributed by atoms with van der Waals surface area (Å²) in [5, 5.41) is 7.19. The fraction of sp³-hybridized carbons (Fsp3) is 0.462. The predicted molar refractivity (Wildman–Crippen MR) is 81.3 cm³/mol. The van der Waals surface area contributed by atoms with Crippen LogP contribution in [0, 0.1) is 0 Å². The van der Waals surface area contributed by atoms with Gasteiger partial charge in [0.1, 0.15) is 0 Å². The maximum atomic E-state index is 11.9. The van der Waals surface area contributed by atoms with Crippen LogP contribution in [-0.4, -0.2) is 18.5 Å². The molecule has 1 aliphatic rings. The van der Waals surface area contributed by atoms with Crippen molar-refractivity contribution in [3.05, 3.63) is 33.8 Å². The van der Waals surface area contributed by atoms with Crippen LogP contribution in [0.5, 0.6) is 0 Å². The summed E-state index contributed by atoms with van der Waals surface area (Å²) in [6.07, 6.45) is 1.96. The van der Waals surface area contributed by atoms with E-state index in [9.17, 15) is 4.79 Å². The van der Waals surface area contributed by atoms with Gasteiger partial charge in [-0.05, 0) is 44.0 Å². The zero-order valence-corrected chi connectivity index (χ0v) is 12.9. The number of carbonyl (C=O) groups excluding carboxylic acids is 1. The molecule has 6 heteroatoms. The van der Waals surface area contributed by atoms with Gasteiger partial charge in [0.15, 0.2) is 0 Å². The lowest BCUT2D eigenvalue weighted by atomic mass is 10.1. The van der Waals surface area contributed by atoms with Crippen molar-refractivity contribution in [2.24, 2.45) is 0 Å². The van der Waals surface area contributed by atoms with E-state index in [1.54, 1.807) is 12.1 Å². The van der Waals surface area contributed by atoms with Crippen molar-refractivity contribution >= 4 is 41.5 Å². The van der Waals surface area contributed by atoms with Gasteiger partial charge in [-0.3, -0.25) is 4.79 Å². The van der Waals surface area contributed by atoms with Gasteiger partial charge in [-0.15, -0.1) is 12.4 Å². The Morgan fingerprint density at radius 2 is 2.16 bits per heavy atom. The van der Waals surface area contributed by atoms with Crippen molar-refractivity contribution in [1.29, 1.82) is 0 Å². The number of hydrogen-bond donors (Lipinski definition) is 2. The molecule has 1 aliphatic heterocycles. The SMILES string of the molecule is CC(NC(=O)C1CCCN1)c1ccc(Cl)c(Cl)c1.Cl. The molecule has 2 rings (SSSR count). The molecule has 1 aromatic carbocycles. The summed E-state index contributed by atoms with van der Waals surface area (Å²) >= 11 is 11.8. The molecule has 0 aliphatic carbocycles. The normalized spacial score (nSPS) is 19.6. The zero-order valence-electron chi connectivity index (χ0n) is 10.6. The molecule has 0 radical (unpaired) electrons. The van der Waals surface area contributed by atoms with E-state index < -0.39 is 0 Å². The van der Waals surface area contributed by atoms with Gasteiger partial charge in [0, 0.05) is 0 Å². The average molecular weight is 324 g/mol. The number of halogens is 3. The van der Waals surface area contributed by atoms with E-state index in [0.717, 1.165) is 24.9 Å². The molecule has 1 saturated heterocycles. The topological polar surface area (TPSA) is 41.1 Å². The summed E-state index contributed by atoms with van der Waals surface area (Å²) in [7, 11) is 0. The molecule has 1 heterocycles. The molecule has 1 fully saturated rings. The second kappa shape index (κ2) is 7.34. The second-order valence-electron chi connectivity index (χ2n) is 4.55. The highest BCUT2D eigenvalue weighted by molar-refractivity contribution is 6.42. The van der Waals surface area contributed by atoms with E-state index >= 15 is 0 Å². The van der Waals surface area contributed by atoms with Gasteiger partial charge in [-0.25, -0.2) is 0 Å². The van der Waals surface area contributed by atoms with Crippen LogP contribution in [0.3, 0.4) is 0 Å². The first-order chi connectivity index (χ1) is 8.58. The van der Waals surface area contributed by atoms with Gasteiger partial charge in [-0.2, -0.15) is 0 Å². The van der Waals surface area contributed by atoms with E-state index in [2.05, 4.69) is 10.6 Å². The van der Waals surface area contributed by atoms with Gasteiger partial charge >= 0.3 is 0 Å². The molecule has 0 saturated carbocycles. The van der Waals surface area contributed by atoms with Crippen molar-refractivity contribution in [3.8, 4) is 0 Å². The standard InChI is InChI=1S/C13H16Cl2N2O.ClH/c1-8(9-4-5-10(14)11(15)7-9)17-13(18)12-3-2-6-16-12;/h4-5,7-8,12,16H,2-3,6H2,1H3,(H,17,18);1H. The van der Waals surface area contributed by atoms with Crippen LogP contribution >= 0.6 is 35.6 Å². The first kappa shape index (κ1) is 16.6. The number of benzene rings is 1. The Morgan fingerprint density at radius 3 is 2.74 bits per heavy atom. The molecule has 3 nitrogen and oxygen atoms in total. The van der Waals surface area contributed by atoms with Crippen LogP contribution in [-0.2, 0) is 4.79 Å². The van der Waals surface area contributed by atoms with E-state index in [1.807, 2.05) is 13.0 Å². The fourth-order valence-electron chi connectivity index (χ4n) is 2.09. The van der Waals surface area contributed by atoms with Gasteiger partial charge in [0.25, 0.3) is 0 Å². The summed E-state index contributed by atoms with van der Waals surface area (Å²) in [5.74, 6) is 0.0473. The maximum absolute atomic E-state index is 11.9. The number of carbonyl (C=O) groups is 1. The zero-order chi connectivity index (χ0) is 13.1. The van der Waals surface area contributed by atoms with E-state index in [0.29, 0.717) is 10.0 Å². The van der Waals surface area contributed by atoms with Gasteiger partial charge in [0.2, 0.25) is 5.91 Å². The van der Waals surface area contributed by atoms with Gasteiger partial charge in [0.05, 0.1) is 22.1 Å². The monoisotopic (exact) mass is 322 g/mol. The molecule has 106 valence electrons. The van der Waals surface area contributed by atoms with Crippen LogP contribution < -0.4 is 10.6 Å². The Kier molecular flexibility index (Phi) is 6.40. The molecule has 2 atom stereocenters. The Hall–Kier alpha value is -0.480. The van der Waals surface area contributed by atoms with E-state index in [1.165, 1.54) is 0 Å².